The van der Waals surface area contributed by atoms with Gasteiger partial charge in [-0.25, -0.2) is 9.37 Å². The van der Waals surface area contributed by atoms with E-state index in [1.165, 1.54) is 24.8 Å². The van der Waals surface area contributed by atoms with Gasteiger partial charge in [-0.1, -0.05) is 6.07 Å². The van der Waals surface area contributed by atoms with Gasteiger partial charge in [-0.15, -0.1) is 0 Å². The Bertz CT molecular complexity index is 715. The van der Waals surface area contributed by atoms with Crippen molar-refractivity contribution in [2.45, 2.75) is 24.7 Å². The van der Waals surface area contributed by atoms with Crippen LogP contribution in [0.4, 0.5) is 21.6 Å². The molecule has 1 aliphatic carbocycles. The molecule has 1 aromatic heterocycles. The fourth-order valence-electron chi connectivity index (χ4n) is 3.04. The number of nitrogens with zero attached hydrogens (tertiary/aromatic N) is 2. The molecule has 2 aromatic rings. The topological polar surface area (TPSA) is 49.8 Å². The van der Waals surface area contributed by atoms with Crippen molar-refractivity contribution in [2.75, 3.05) is 17.2 Å². The Morgan fingerprint density at radius 3 is 2.95 bits per heavy atom. The minimum absolute atomic E-state index is 0.0203. The van der Waals surface area contributed by atoms with Gasteiger partial charge in [-0.05, 0) is 54.0 Å². The number of fused-ring (bicyclic) bond motifs is 2. The van der Waals surface area contributed by atoms with Gasteiger partial charge in [-0.2, -0.15) is 4.98 Å². The highest BCUT2D eigenvalue weighted by Crippen LogP contribution is 2.55. The second kappa shape index (κ2) is 4.56. The smallest absolute Gasteiger partial charge is 0.224 e. The fraction of sp³-hybridized carbons (Fsp3) is 0.333. The highest BCUT2D eigenvalue weighted by atomic mass is 35.5. The first-order valence-corrected chi connectivity index (χ1v) is 7.38. The average molecular weight is 305 g/mol. The predicted octanol–water partition coefficient (Wildman–Crippen LogP) is 3.86. The van der Waals surface area contributed by atoms with Crippen LogP contribution in [0.5, 0.6) is 0 Å². The van der Waals surface area contributed by atoms with E-state index in [0.717, 1.165) is 24.1 Å². The van der Waals surface area contributed by atoms with Gasteiger partial charge >= 0.3 is 0 Å². The first-order valence-electron chi connectivity index (χ1n) is 7.00. The molecule has 1 spiro atoms. The molecule has 21 heavy (non-hydrogen) atoms. The van der Waals surface area contributed by atoms with Gasteiger partial charge in [0.15, 0.2) is 11.6 Å². The van der Waals surface area contributed by atoms with Crippen LogP contribution >= 0.6 is 11.6 Å². The van der Waals surface area contributed by atoms with Crippen molar-refractivity contribution in [1.82, 2.24) is 9.97 Å². The van der Waals surface area contributed by atoms with Crippen LogP contribution < -0.4 is 10.6 Å². The molecule has 0 atom stereocenters. The summed E-state index contributed by atoms with van der Waals surface area (Å²) in [5.74, 6) is -0.435. The number of anilines is 3. The number of hydrogen-bond acceptors (Lipinski definition) is 4. The molecule has 4 rings (SSSR count). The molecule has 2 N–H and O–H groups in total. The van der Waals surface area contributed by atoms with E-state index in [2.05, 4.69) is 26.7 Å². The zero-order valence-electron chi connectivity index (χ0n) is 11.3. The third-order valence-electron chi connectivity index (χ3n) is 4.34. The summed E-state index contributed by atoms with van der Waals surface area (Å²) >= 11 is 5.70. The normalized spacial score (nSPS) is 18.0. The van der Waals surface area contributed by atoms with E-state index in [1.807, 2.05) is 12.1 Å². The van der Waals surface area contributed by atoms with Crippen LogP contribution in [0.25, 0.3) is 0 Å². The minimum Gasteiger partial charge on any atom is -0.385 e. The minimum atomic E-state index is -0.524. The lowest BCUT2D eigenvalue weighted by Crippen LogP contribution is -2.21. The summed E-state index contributed by atoms with van der Waals surface area (Å²) in [6, 6.07) is 6.09. The molecule has 2 aliphatic rings. The van der Waals surface area contributed by atoms with Crippen molar-refractivity contribution in [3.63, 3.8) is 0 Å². The number of rotatable bonds is 2. The molecule has 1 aromatic carbocycles. The summed E-state index contributed by atoms with van der Waals surface area (Å²) in [5.41, 5.74) is 3.68. The van der Waals surface area contributed by atoms with Gasteiger partial charge in [0.05, 0.1) is 6.20 Å². The number of aromatic nitrogens is 2. The molecule has 0 unspecified atom stereocenters. The summed E-state index contributed by atoms with van der Waals surface area (Å²) in [7, 11) is 0. The summed E-state index contributed by atoms with van der Waals surface area (Å²) < 4.78 is 13.7. The van der Waals surface area contributed by atoms with Gasteiger partial charge < -0.3 is 10.6 Å². The number of nitrogens with one attached hydrogen (secondary N) is 2. The first-order chi connectivity index (χ1) is 10.2. The van der Waals surface area contributed by atoms with Crippen LogP contribution in [0.1, 0.15) is 24.8 Å². The molecule has 1 fully saturated rings. The molecular formula is C15H14ClFN4. The van der Waals surface area contributed by atoms with Crippen molar-refractivity contribution in [1.29, 1.82) is 0 Å². The highest BCUT2D eigenvalue weighted by molar-refractivity contribution is 6.28. The van der Waals surface area contributed by atoms with E-state index in [4.69, 9.17) is 11.6 Å². The van der Waals surface area contributed by atoms with Crippen LogP contribution in [0.15, 0.2) is 24.4 Å². The molecular weight excluding hydrogens is 291 g/mol. The molecule has 1 aliphatic heterocycles. The fourth-order valence-corrected chi connectivity index (χ4v) is 3.18. The maximum Gasteiger partial charge on any atom is 0.224 e. The van der Waals surface area contributed by atoms with Crippen LogP contribution in [0.3, 0.4) is 0 Å². The molecule has 108 valence electrons. The van der Waals surface area contributed by atoms with Gasteiger partial charge in [0, 0.05) is 17.9 Å². The zero-order chi connectivity index (χ0) is 14.4. The van der Waals surface area contributed by atoms with Crippen molar-refractivity contribution < 1.29 is 4.39 Å². The van der Waals surface area contributed by atoms with Crippen molar-refractivity contribution >= 4 is 28.8 Å². The summed E-state index contributed by atoms with van der Waals surface area (Å²) in [6.45, 7) is 0.990. The molecule has 0 bridgehead atoms. The lowest BCUT2D eigenvalue weighted by molar-refractivity contribution is 0.618. The van der Waals surface area contributed by atoms with E-state index >= 15 is 0 Å². The Morgan fingerprint density at radius 1 is 1.29 bits per heavy atom. The van der Waals surface area contributed by atoms with Crippen LogP contribution in [-0.2, 0) is 5.41 Å². The molecule has 6 heteroatoms. The summed E-state index contributed by atoms with van der Waals surface area (Å²) in [4.78, 5) is 7.47. The van der Waals surface area contributed by atoms with Crippen molar-refractivity contribution in [3.05, 3.63) is 41.1 Å². The first kappa shape index (κ1) is 12.8. The molecule has 0 radical (unpaired) electrons. The van der Waals surface area contributed by atoms with Gasteiger partial charge in [0.2, 0.25) is 5.28 Å². The third kappa shape index (κ3) is 2.21. The Hall–Kier alpha value is -1.88. The predicted molar refractivity (Wildman–Crippen MR) is 80.7 cm³/mol. The summed E-state index contributed by atoms with van der Waals surface area (Å²) in [6.07, 6.45) is 4.80. The molecule has 2 heterocycles. The second-order valence-corrected chi connectivity index (χ2v) is 6.02. The Morgan fingerprint density at radius 2 is 2.14 bits per heavy atom. The maximum absolute atomic E-state index is 13.7. The van der Waals surface area contributed by atoms with E-state index < -0.39 is 5.82 Å². The number of halogens is 2. The zero-order valence-corrected chi connectivity index (χ0v) is 12.0. The lowest BCUT2D eigenvalue weighted by atomic mass is 9.88. The van der Waals surface area contributed by atoms with Crippen LogP contribution in [0, 0.1) is 5.82 Å². The van der Waals surface area contributed by atoms with Crippen LogP contribution in [-0.4, -0.2) is 16.5 Å². The number of hydrogen-bond donors (Lipinski definition) is 2. The maximum atomic E-state index is 13.7. The van der Waals surface area contributed by atoms with Gasteiger partial charge in [0.1, 0.15) is 0 Å². The standard InChI is InChI=1S/C15H14ClFN4/c16-14-19-8-11(17)13(21-14)20-9-1-2-10-12(7-9)18-6-5-15(10)3-4-15/h1-2,7-8,18H,3-6H2,(H,19,20,21). The molecule has 0 saturated heterocycles. The van der Waals surface area contributed by atoms with E-state index in [-0.39, 0.29) is 11.1 Å². The Balaban J connectivity index is 1.66. The third-order valence-corrected chi connectivity index (χ3v) is 4.52. The highest BCUT2D eigenvalue weighted by Gasteiger charge is 2.46. The molecule has 4 nitrogen and oxygen atoms in total. The van der Waals surface area contributed by atoms with Crippen LogP contribution in [0.2, 0.25) is 5.28 Å². The van der Waals surface area contributed by atoms with Gasteiger partial charge in [-0.3, -0.25) is 0 Å². The SMILES string of the molecule is Fc1cnc(Cl)nc1Nc1ccc2c(c1)NCCC21CC1. The van der Waals surface area contributed by atoms with Crippen molar-refractivity contribution in [3.8, 4) is 0 Å². The van der Waals surface area contributed by atoms with E-state index in [0.29, 0.717) is 5.41 Å². The largest absolute Gasteiger partial charge is 0.385 e. The molecule has 0 amide bonds. The van der Waals surface area contributed by atoms with Gasteiger partial charge in [0.25, 0.3) is 0 Å². The van der Waals surface area contributed by atoms with Crippen molar-refractivity contribution in [2.24, 2.45) is 0 Å². The lowest BCUT2D eigenvalue weighted by Gasteiger charge is -2.27. The second-order valence-electron chi connectivity index (χ2n) is 5.68. The molecule has 1 saturated carbocycles. The summed E-state index contributed by atoms with van der Waals surface area (Å²) in [5, 5.41) is 6.40. The average Bonchev–Trinajstić information content (AvgIpc) is 3.23. The monoisotopic (exact) mass is 304 g/mol. The van der Waals surface area contributed by atoms with E-state index in [1.54, 1.807) is 0 Å². The quantitative estimate of drug-likeness (QED) is 0.827. The Kier molecular flexibility index (Phi) is 2.79. The Labute approximate surface area is 126 Å². The number of benzene rings is 1. The van der Waals surface area contributed by atoms with E-state index in [9.17, 15) is 4.39 Å².